The summed E-state index contributed by atoms with van der Waals surface area (Å²) in [7, 11) is -12.7. The van der Waals surface area contributed by atoms with Crippen LogP contribution in [-0.2, 0) is 0 Å². The predicted molar refractivity (Wildman–Crippen MR) is 556 cm³/mol. The van der Waals surface area contributed by atoms with E-state index in [9.17, 15) is 0 Å². The van der Waals surface area contributed by atoms with E-state index in [2.05, 4.69) is 540 Å². The zero-order valence-electron chi connectivity index (χ0n) is 71.3. The number of hydrogen-bond donors (Lipinski definition) is 0. The van der Waals surface area contributed by atoms with Gasteiger partial charge in [0.2, 0.25) is 5.78 Å². The van der Waals surface area contributed by atoms with Crippen LogP contribution >= 0.6 is 0 Å². The Bertz CT molecular complexity index is 7690. The van der Waals surface area contributed by atoms with Gasteiger partial charge in [-0.1, -0.05) is 449 Å². The van der Waals surface area contributed by atoms with Gasteiger partial charge in [-0.3, -0.25) is 13.5 Å². The van der Waals surface area contributed by atoms with Gasteiger partial charge in [0.15, 0.2) is 32.3 Å². The molecule has 0 bridgehead atoms. The van der Waals surface area contributed by atoms with Crippen LogP contribution in [0.2, 0.25) is 0 Å². The monoisotopic (exact) mass is 1720 g/mol. The van der Waals surface area contributed by atoms with Crippen molar-refractivity contribution in [2.24, 2.45) is 0 Å². The maximum Gasteiger partial charge on any atom is 0.221 e. The highest BCUT2D eigenvalue weighted by Crippen LogP contribution is 2.39. The van der Waals surface area contributed by atoms with Crippen molar-refractivity contribution in [3.05, 3.63) is 522 Å². The predicted octanol–water partition coefficient (Wildman–Crippen LogP) is 17.2. The third kappa shape index (κ3) is 12.2. The van der Waals surface area contributed by atoms with E-state index < -0.39 is 32.3 Å². The Morgan fingerprint density at radius 3 is 0.769 bits per heavy atom. The van der Waals surface area contributed by atoms with Crippen LogP contribution in [0.4, 0.5) is 0 Å². The summed E-state index contributed by atoms with van der Waals surface area (Å²) < 4.78 is 9.81. The first-order valence-corrected chi connectivity index (χ1v) is 52.8. The molecule has 5 aromatic heterocycles. The van der Waals surface area contributed by atoms with E-state index in [-0.39, 0.29) is 0 Å². The first-order valence-electron chi connectivity index (χ1n) is 44.8. The van der Waals surface area contributed by atoms with Crippen LogP contribution in [-0.4, -0.2) is 60.4 Å². The number of fused-ring (bicyclic) bond motifs is 11. The van der Waals surface area contributed by atoms with Gasteiger partial charge in [-0.15, -0.1) is 0 Å². The van der Waals surface area contributed by atoms with Gasteiger partial charge >= 0.3 is 0 Å². The van der Waals surface area contributed by atoms with Gasteiger partial charge in [0.1, 0.15) is 11.6 Å². The average Bonchev–Trinajstić information content (AvgIpc) is 1.41. The molecule has 24 aromatic rings. The molecule has 6 nitrogen and oxygen atoms in total. The summed E-state index contributed by atoms with van der Waals surface area (Å²) in [6, 6.07) is 197. The standard InChI is InChI=1S/C120H86N6Si4/c1-13-44-90(45-14-1)127(91-46-15-2-16-47-91,92-48-17-3-18-49-92)102-73-77-113-108(83-102)109-84-103(128(93-50-19-4-20-51-93,94-52-21-5-22-53-94)95-54-23-6-24-55-95)74-78-114(109)124(113)118-81-88(87-42-41-43-89(80-87)123-111-70-39-37-68-106(111)107-69-38-40-71-112(107)123)82-119(122-118)126-115-79-75-105(130(99-62-31-10-32-63-99,100-64-33-11-34-65-100)101-66-35-12-36-67-101)86-117(115)125-116-85-104(72-76-110(116)121-120(125)126)129(96-56-25-7-26-57-96,97-58-27-8-28-59-97)98-60-29-9-30-61-98/h1-86H. The molecule has 0 aliphatic rings. The Hall–Kier alpha value is -15.9. The van der Waals surface area contributed by atoms with E-state index in [0.29, 0.717) is 5.82 Å². The van der Waals surface area contributed by atoms with Crippen molar-refractivity contribution in [2.45, 2.75) is 0 Å². The number of pyridine rings is 1. The second-order valence-electron chi connectivity index (χ2n) is 34.2. The van der Waals surface area contributed by atoms with Crippen LogP contribution in [0, 0.1) is 0 Å². The largest absolute Gasteiger partial charge is 0.309 e. The number of imidazole rings is 2. The first kappa shape index (κ1) is 77.6. The van der Waals surface area contributed by atoms with Crippen molar-refractivity contribution in [3.63, 3.8) is 0 Å². The lowest BCUT2D eigenvalue weighted by atomic mass is 10.1. The lowest BCUT2D eigenvalue weighted by molar-refractivity contribution is 0.996. The van der Waals surface area contributed by atoms with Gasteiger partial charge in [0.05, 0.1) is 44.1 Å². The Morgan fingerprint density at radius 1 is 0.154 bits per heavy atom. The number of rotatable bonds is 20. The topological polar surface area (TPSA) is 45.0 Å². The fourth-order valence-corrected chi connectivity index (χ4v) is 41.1. The van der Waals surface area contributed by atoms with Crippen LogP contribution in [0.3, 0.4) is 0 Å². The molecule has 0 unspecified atom stereocenters. The third-order valence-corrected chi connectivity index (χ3v) is 46.6. The van der Waals surface area contributed by atoms with E-state index in [1.165, 1.54) is 93.8 Å². The van der Waals surface area contributed by atoms with Gasteiger partial charge in [-0.25, -0.2) is 9.97 Å². The van der Waals surface area contributed by atoms with Crippen molar-refractivity contribution >= 4 is 187 Å². The molecule has 0 amide bonds. The maximum atomic E-state index is 6.39. The number of nitrogens with zero attached hydrogens (tertiary/aromatic N) is 6. The smallest absolute Gasteiger partial charge is 0.221 e. The Morgan fingerprint density at radius 2 is 0.431 bits per heavy atom. The van der Waals surface area contributed by atoms with Crippen molar-refractivity contribution in [3.8, 4) is 28.5 Å². The molecule has 5 heterocycles. The van der Waals surface area contributed by atoms with Gasteiger partial charge in [0.25, 0.3) is 0 Å². The van der Waals surface area contributed by atoms with Gasteiger partial charge in [0, 0.05) is 27.2 Å². The normalized spacial score (nSPS) is 12.2. The van der Waals surface area contributed by atoms with Crippen LogP contribution in [0.5, 0.6) is 0 Å². The minimum Gasteiger partial charge on any atom is -0.309 e. The Labute approximate surface area is 759 Å². The van der Waals surface area contributed by atoms with Crippen LogP contribution < -0.4 is 83.0 Å². The maximum absolute atomic E-state index is 6.39. The highest BCUT2D eigenvalue weighted by Gasteiger charge is 2.47. The van der Waals surface area contributed by atoms with Crippen LogP contribution in [0.1, 0.15) is 0 Å². The minimum absolute atomic E-state index is 0.716. The average molecular weight is 1720 g/mol. The van der Waals surface area contributed by atoms with E-state index in [1.54, 1.807) is 0 Å². The number of benzene rings is 19. The number of para-hydroxylation sites is 2. The zero-order chi connectivity index (χ0) is 86.2. The summed E-state index contributed by atoms with van der Waals surface area (Å²) in [6.07, 6.45) is 0. The molecule has 0 aliphatic heterocycles. The van der Waals surface area contributed by atoms with E-state index in [0.717, 1.165) is 83.3 Å². The summed E-state index contributed by atoms with van der Waals surface area (Å²) in [4.78, 5) is 12.4. The molecule has 24 rings (SSSR count). The van der Waals surface area contributed by atoms with Gasteiger partial charge in [-0.05, 0) is 167 Å². The second-order valence-corrected chi connectivity index (χ2v) is 49.4. The molecule has 0 N–H and O–H groups in total. The molecule has 130 heavy (non-hydrogen) atoms. The SMILES string of the molecule is c1ccc([Si](c2ccccc2)(c2ccccc2)c2ccc3c(c2)c2cc([Si](c4ccccc4)(c4ccccc4)c4ccccc4)ccc2n3-c2cc(-c3cccc(-n4c5ccccc5c5ccccc54)c3)cc(-n3c4ccc([Si](c5ccccc5)(c5ccccc5)c5ccccc5)cc4n4c5cc([Si](c6ccccc6)(c6ccccc6)c6ccccc6)ccc5nc34)n2)cc1. The van der Waals surface area contributed by atoms with Gasteiger partial charge < -0.3 is 4.57 Å². The van der Waals surface area contributed by atoms with Crippen molar-refractivity contribution in [1.29, 1.82) is 0 Å². The summed E-state index contributed by atoms with van der Waals surface area (Å²) >= 11 is 0. The van der Waals surface area contributed by atoms with E-state index >= 15 is 0 Å². The molecule has 19 aromatic carbocycles. The fourth-order valence-electron chi connectivity index (χ4n) is 22.1. The highest BCUT2D eigenvalue weighted by molar-refractivity contribution is 7.22. The molecule has 0 fully saturated rings. The van der Waals surface area contributed by atoms with Crippen molar-refractivity contribution in [1.82, 2.24) is 28.1 Å². The minimum atomic E-state index is -3.21. The second kappa shape index (κ2) is 32.2. The molecule has 612 valence electrons. The molecule has 0 aliphatic carbocycles. The highest BCUT2D eigenvalue weighted by atomic mass is 28.3. The molecule has 0 spiro atoms. The third-order valence-electron chi connectivity index (χ3n) is 27.5. The van der Waals surface area contributed by atoms with Gasteiger partial charge in [-0.2, -0.15) is 0 Å². The van der Waals surface area contributed by atoms with Crippen molar-refractivity contribution < 1.29 is 0 Å². The number of aromatic nitrogens is 6. The molecular formula is C120H86N6Si4. The first-order chi connectivity index (χ1) is 64.5. The molecule has 10 heteroatoms. The quantitative estimate of drug-likeness (QED) is 0.0564. The summed E-state index contributed by atoms with van der Waals surface area (Å²) in [5.41, 5.74) is 11.3. The Kier molecular flexibility index (Phi) is 19.2. The molecule has 0 saturated carbocycles. The number of hydrogen-bond acceptors (Lipinski definition) is 2. The van der Waals surface area contributed by atoms with Crippen molar-refractivity contribution in [2.75, 3.05) is 0 Å². The molecule has 0 radical (unpaired) electrons. The van der Waals surface area contributed by atoms with Crippen LogP contribution in [0.25, 0.3) is 99.9 Å². The lowest BCUT2D eigenvalue weighted by Gasteiger charge is -2.34. The summed E-state index contributed by atoms with van der Waals surface area (Å²) in [6.45, 7) is 0. The Balaban J connectivity index is 0.840. The molecule has 0 saturated heterocycles. The lowest BCUT2D eigenvalue weighted by Crippen LogP contribution is -2.74. The van der Waals surface area contributed by atoms with E-state index in [1.807, 2.05) is 0 Å². The zero-order valence-corrected chi connectivity index (χ0v) is 75.3. The molecule has 0 atom stereocenters. The summed E-state index contributed by atoms with van der Waals surface area (Å²) in [5.74, 6) is 2.22. The van der Waals surface area contributed by atoms with E-state index in [4.69, 9.17) is 9.97 Å². The molecular weight excluding hydrogens is 1640 g/mol. The summed E-state index contributed by atoms with van der Waals surface area (Å²) in [5, 5.41) is 25.3. The fraction of sp³-hybridized carbons (Fsp3) is 0. The van der Waals surface area contributed by atoms with Crippen LogP contribution in [0.15, 0.2) is 522 Å².